The predicted molar refractivity (Wildman–Crippen MR) is 147 cm³/mol. The van der Waals surface area contributed by atoms with Gasteiger partial charge in [0, 0.05) is 12.6 Å². The van der Waals surface area contributed by atoms with Gasteiger partial charge < -0.3 is 10.2 Å². The highest BCUT2D eigenvalue weighted by atomic mass is 35.5. The fraction of sp³-hybridized carbons (Fsp3) is 0.462. The number of halogens is 2. The Labute approximate surface area is 224 Å². The van der Waals surface area contributed by atoms with Gasteiger partial charge in [-0.25, -0.2) is 8.42 Å². The number of carbonyl (C=O) groups excluding carboxylic acids is 2. The highest BCUT2D eigenvalue weighted by Gasteiger charge is 2.31. The molecule has 0 aliphatic carbocycles. The molecule has 2 atom stereocenters. The van der Waals surface area contributed by atoms with Crippen molar-refractivity contribution in [2.24, 2.45) is 0 Å². The van der Waals surface area contributed by atoms with Crippen LogP contribution in [0.15, 0.2) is 42.5 Å². The van der Waals surface area contributed by atoms with Gasteiger partial charge in [-0.3, -0.25) is 13.9 Å². The summed E-state index contributed by atoms with van der Waals surface area (Å²) in [6, 6.07) is 11.1. The van der Waals surface area contributed by atoms with Crippen molar-refractivity contribution in [1.82, 2.24) is 10.2 Å². The third-order valence-electron chi connectivity index (χ3n) is 6.01. The van der Waals surface area contributed by atoms with E-state index in [1.165, 1.54) is 4.90 Å². The van der Waals surface area contributed by atoms with E-state index in [1.54, 1.807) is 37.3 Å². The number of sulfonamides is 1. The first-order chi connectivity index (χ1) is 16.8. The lowest BCUT2D eigenvalue weighted by atomic mass is 10.0. The maximum atomic E-state index is 13.7. The molecule has 36 heavy (non-hydrogen) atoms. The number of hydrogen-bond acceptors (Lipinski definition) is 4. The maximum Gasteiger partial charge on any atom is 0.244 e. The van der Waals surface area contributed by atoms with Gasteiger partial charge in [0.1, 0.15) is 12.6 Å². The van der Waals surface area contributed by atoms with Crippen LogP contribution in [0.2, 0.25) is 10.0 Å². The Kier molecular flexibility index (Phi) is 10.6. The SMILES string of the molecule is CC[C@H](C)NC(=O)[C@@H](C)N(Cc1ccc(Cl)c(Cl)c1)C(=O)CN(c1ccccc1C(C)C)S(C)(=O)=O. The normalized spacial score (nSPS) is 13.2. The fourth-order valence-electron chi connectivity index (χ4n) is 3.68. The van der Waals surface area contributed by atoms with Crippen molar-refractivity contribution in [3.63, 3.8) is 0 Å². The molecule has 0 aliphatic rings. The molecule has 0 spiro atoms. The Morgan fingerprint density at radius 3 is 2.19 bits per heavy atom. The largest absolute Gasteiger partial charge is 0.352 e. The zero-order valence-corrected chi connectivity index (χ0v) is 23.9. The van der Waals surface area contributed by atoms with Crippen molar-refractivity contribution < 1.29 is 18.0 Å². The van der Waals surface area contributed by atoms with E-state index < -0.39 is 28.5 Å². The molecule has 0 radical (unpaired) electrons. The van der Waals surface area contributed by atoms with E-state index in [4.69, 9.17) is 23.2 Å². The molecule has 0 saturated carbocycles. The van der Waals surface area contributed by atoms with Crippen molar-refractivity contribution in [3.8, 4) is 0 Å². The quantitative estimate of drug-likeness (QED) is 0.412. The number of para-hydroxylation sites is 1. The van der Waals surface area contributed by atoms with Crippen LogP contribution in [-0.2, 0) is 26.2 Å². The van der Waals surface area contributed by atoms with Crippen molar-refractivity contribution in [1.29, 1.82) is 0 Å². The minimum absolute atomic E-state index is 0.0353. The minimum atomic E-state index is -3.81. The molecule has 7 nitrogen and oxygen atoms in total. The number of hydrogen-bond donors (Lipinski definition) is 1. The topological polar surface area (TPSA) is 86.8 Å². The molecule has 0 bridgehead atoms. The average Bonchev–Trinajstić information content (AvgIpc) is 2.81. The molecular formula is C26H35Cl2N3O4S. The van der Waals surface area contributed by atoms with Crippen LogP contribution in [0.3, 0.4) is 0 Å². The molecule has 2 amide bonds. The molecule has 1 N–H and O–H groups in total. The van der Waals surface area contributed by atoms with Gasteiger partial charge in [-0.1, -0.05) is 68.2 Å². The lowest BCUT2D eigenvalue weighted by Crippen LogP contribution is -2.52. The second-order valence-corrected chi connectivity index (χ2v) is 12.0. The fourth-order valence-corrected chi connectivity index (χ4v) is 4.87. The summed E-state index contributed by atoms with van der Waals surface area (Å²) < 4.78 is 26.8. The van der Waals surface area contributed by atoms with Crippen LogP contribution in [0.4, 0.5) is 5.69 Å². The maximum absolute atomic E-state index is 13.7. The summed E-state index contributed by atoms with van der Waals surface area (Å²) in [6.45, 7) is 8.96. The molecule has 10 heteroatoms. The molecular weight excluding hydrogens is 521 g/mol. The molecule has 0 saturated heterocycles. The van der Waals surface area contributed by atoms with Crippen LogP contribution >= 0.6 is 23.2 Å². The van der Waals surface area contributed by atoms with Gasteiger partial charge in [-0.15, -0.1) is 0 Å². The van der Waals surface area contributed by atoms with Crippen molar-refractivity contribution in [3.05, 3.63) is 63.6 Å². The van der Waals surface area contributed by atoms with E-state index in [0.717, 1.165) is 22.5 Å². The third kappa shape index (κ3) is 7.85. The monoisotopic (exact) mass is 555 g/mol. The number of benzene rings is 2. The van der Waals surface area contributed by atoms with Crippen LogP contribution in [-0.4, -0.2) is 50.0 Å². The Hall–Kier alpha value is -2.29. The van der Waals surface area contributed by atoms with Crippen molar-refractivity contribution in [2.75, 3.05) is 17.1 Å². The van der Waals surface area contributed by atoms with Crippen LogP contribution in [0.25, 0.3) is 0 Å². The average molecular weight is 557 g/mol. The van der Waals surface area contributed by atoms with E-state index in [1.807, 2.05) is 39.8 Å². The molecule has 0 unspecified atom stereocenters. The number of rotatable bonds is 11. The molecule has 2 aromatic rings. The van der Waals surface area contributed by atoms with E-state index in [9.17, 15) is 18.0 Å². The number of anilines is 1. The first-order valence-electron chi connectivity index (χ1n) is 11.9. The molecule has 0 fully saturated rings. The van der Waals surface area contributed by atoms with Crippen LogP contribution in [0, 0.1) is 0 Å². The minimum Gasteiger partial charge on any atom is -0.352 e. The second kappa shape index (κ2) is 12.8. The predicted octanol–water partition coefficient (Wildman–Crippen LogP) is 5.21. The number of nitrogens with zero attached hydrogens (tertiary/aromatic N) is 2. The second-order valence-electron chi connectivity index (χ2n) is 9.25. The summed E-state index contributed by atoms with van der Waals surface area (Å²) in [4.78, 5) is 28.0. The highest BCUT2D eigenvalue weighted by molar-refractivity contribution is 7.92. The van der Waals surface area contributed by atoms with Crippen LogP contribution in [0.5, 0.6) is 0 Å². The van der Waals surface area contributed by atoms with E-state index in [-0.39, 0.29) is 24.4 Å². The number of nitrogens with one attached hydrogen (secondary N) is 1. The van der Waals surface area contributed by atoms with Gasteiger partial charge >= 0.3 is 0 Å². The molecule has 2 rings (SSSR count). The molecule has 0 aliphatic heterocycles. The third-order valence-corrected chi connectivity index (χ3v) is 7.88. The molecule has 0 heterocycles. The summed E-state index contributed by atoms with van der Waals surface area (Å²) in [5.74, 6) is -0.809. The number of carbonyl (C=O) groups is 2. The zero-order chi connectivity index (χ0) is 27.2. The summed E-state index contributed by atoms with van der Waals surface area (Å²) in [6.07, 6.45) is 1.80. The summed E-state index contributed by atoms with van der Waals surface area (Å²) in [5, 5.41) is 3.59. The lowest BCUT2D eigenvalue weighted by Gasteiger charge is -2.32. The zero-order valence-electron chi connectivity index (χ0n) is 21.6. The van der Waals surface area contributed by atoms with Gasteiger partial charge in [0.2, 0.25) is 21.8 Å². The first-order valence-corrected chi connectivity index (χ1v) is 14.5. The molecule has 0 aromatic heterocycles. The van der Waals surface area contributed by atoms with Crippen LogP contribution in [0.1, 0.15) is 58.1 Å². The highest BCUT2D eigenvalue weighted by Crippen LogP contribution is 2.29. The van der Waals surface area contributed by atoms with E-state index in [0.29, 0.717) is 21.3 Å². The van der Waals surface area contributed by atoms with Gasteiger partial charge in [0.15, 0.2) is 0 Å². The Morgan fingerprint density at radius 1 is 1.00 bits per heavy atom. The standard InChI is InChI=1S/C26H35Cl2N3O4S/c1-7-18(4)29-26(33)19(5)30(15-20-12-13-22(27)23(28)14-20)25(32)16-31(36(6,34)35)24-11-9-8-10-21(24)17(2)3/h8-14,17-19H,7,15-16H2,1-6H3,(H,29,33)/t18-,19+/m0/s1. The Morgan fingerprint density at radius 2 is 1.64 bits per heavy atom. The number of amides is 2. The van der Waals surface area contributed by atoms with Crippen molar-refractivity contribution in [2.45, 2.75) is 65.6 Å². The molecule has 198 valence electrons. The van der Waals surface area contributed by atoms with Crippen molar-refractivity contribution >= 4 is 50.7 Å². The smallest absolute Gasteiger partial charge is 0.244 e. The van der Waals surface area contributed by atoms with Gasteiger partial charge in [0.25, 0.3) is 0 Å². The van der Waals surface area contributed by atoms with Gasteiger partial charge in [0.05, 0.1) is 22.0 Å². The lowest BCUT2D eigenvalue weighted by molar-refractivity contribution is -0.139. The Bertz CT molecular complexity index is 1190. The van der Waals surface area contributed by atoms with Crippen LogP contribution < -0.4 is 9.62 Å². The first kappa shape index (κ1) is 29.9. The summed E-state index contributed by atoms with van der Waals surface area (Å²) in [5.41, 5.74) is 1.90. The molecule has 2 aromatic carbocycles. The van der Waals surface area contributed by atoms with E-state index >= 15 is 0 Å². The van der Waals surface area contributed by atoms with Gasteiger partial charge in [-0.2, -0.15) is 0 Å². The summed E-state index contributed by atoms with van der Waals surface area (Å²) >= 11 is 12.2. The van der Waals surface area contributed by atoms with E-state index in [2.05, 4.69) is 5.32 Å². The Balaban J connectivity index is 2.47. The van der Waals surface area contributed by atoms with Gasteiger partial charge in [-0.05, 0) is 55.5 Å². The summed E-state index contributed by atoms with van der Waals surface area (Å²) in [7, 11) is -3.81.